The van der Waals surface area contributed by atoms with Gasteiger partial charge in [-0.1, -0.05) is 0 Å². The van der Waals surface area contributed by atoms with Crippen molar-refractivity contribution in [3.63, 3.8) is 0 Å². The second kappa shape index (κ2) is 4.94. The van der Waals surface area contributed by atoms with Crippen molar-refractivity contribution in [3.05, 3.63) is 30.5 Å². The molecular formula is C16H22N2O2. The highest BCUT2D eigenvalue weighted by molar-refractivity contribution is 5.92. The van der Waals surface area contributed by atoms with Gasteiger partial charge in [-0.15, -0.1) is 0 Å². The van der Waals surface area contributed by atoms with Gasteiger partial charge in [-0.05, 0) is 57.3 Å². The van der Waals surface area contributed by atoms with Crippen LogP contribution in [0.4, 0.5) is 5.82 Å². The zero-order chi connectivity index (χ0) is 15.0. The van der Waals surface area contributed by atoms with Gasteiger partial charge in [0.15, 0.2) is 0 Å². The van der Waals surface area contributed by atoms with E-state index < -0.39 is 11.1 Å². The standard InChI is InChI=1S/C16H22N2O2/c1-15(2,16(3,4)19)18-14-13-7-6-12(20-5)10-11(13)8-9-17-14/h6-10,19H,1-5H3,(H,17,18). The number of aliphatic hydroxyl groups is 1. The Balaban J connectivity index is 2.46. The lowest BCUT2D eigenvalue weighted by atomic mass is 9.86. The van der Waals surface area contributed by atoms with Gasteiger partial charge in [0, 0.05) is 11.6 Å². The van der Waals surface area contributed by atoms with Gasteiger partial charge in [-0.3, -0.25) is 0 Å². The number of rotatable bonds is 4. The lowest BCUT2D eigenvalue weighted by Crippen LogP contribution is -2.51. The van der Waals surface area contributed by atoms with E-state index in [1.165, 1.54) is 0 Å². The Hall–Kier alpha value is -1.81. The van der Waals surface area contributed by atoms with Gasteiger partial charge in [0.2, 0.25) is 0 Å². The average Bonchev–Trinajstić information content (AvgIpc) is 2.36. The van der Waals surface area contributed by atoms with Gasteiger partial charge in [-0.25, -0.2) is 4.98 Å². The second-order valence-corrected chi connectivity index (χ2v) is 6.06. The van der Waals surface area contributed by atoms with Crippen LogP contribution in [0.25, 0.3) is 10.8 Å². The van der Waals surface area contributed by atoms with Gasteiger partial charge in [0.05, 0.1) is 18.2 Å². The molecule has 108 valence electrons. The van der Waals surface area contributed by atoms with Crippen LogP contribution in [0.3, 0.4) is 0 Å². The molecule has 0 atom stereocenters. The molecule has 4 nitrogen and oxygen atoms in total. The maximum Gasteiger partial charge on any atom is 0.134 e. The number of aromatic nitrogens is 1. The molecule has 1 heterocycles. The largest absolute Gasteiger partial charge is 0.497 e. The van der Waals surface area contributed by atoms with Gasteiger partial charge >= 0.3 is 0 Å². The molecule has 0 unspecified atom stereocenters. The molecule has 2 N–H and O–H groups in total. The van der Waals surface area contributed by atoms with E-state index in [1.54, 1.807) is 27.2 Å². The summed E-state index contributed by atoms with van der Waals surface area (Å²) in [5, 5.41) is 15.6. The van der Waals surface area contributed by atoms with Gasteiger partial charge in [-0.2, -0.15) is 0 Å². The first kappa shape index (κ1) is 14.6. The molecule has 0 spiro atoms. The minimum absolute atomic E-state index is 0.506. The van der Waals surface area contributed by atoms with Crippen LogP contribution in [0.1, 0.15) is 27.7 Å². The van der Waals surface area contributed by atoms with E-state index in [2.05, 4.69) is 10.3 Å². The molecule has 0 amide bonds. The van der Waals surface area contributed by atoms with Gasteiger partial charge in [0.25, 0.3) is 0 Å². The summed E-state index contributed by atoms with van der Waals surface area (Å²) >= 11 is 0. The number of hydrogen-bond donors (Lipinski definition) is 2. The van der Waals surface area contributed by atoms with Crippen molar-refractivity contribution >= 4 is 16.6 Å². The number of pyridine rings is 1. The van der Waals surface area contributed by atoms with E-state index >= 15 is 0 Å². The van der Waals surface area contributed by atoms with Crippen molar-refractivity contribution in [1.29, 1.82) is 0 Å². The fraction of sp³-hybridized carbons (Fsp3) is 0.438. The summed E-state index contributed by atoms with van der Waals surface area (Å²) in [6.45, 7) is 7.48. The Morgan fingerprint density at radius 2 is 1.85 bits per heavy atom. The van der Waals surface area contributed by atoms with Crippen LogP contribution < -0.4 is 10.1 Å². The Morgan fingerprint density at radius 3 is 2.45 bits per heavy atom. The van der Waals surface area contributed by atoms with E-state index in [-0.39, 0.29) is 0 Å². The molecule has 20 heavy (non-hydrogen) atoms. The first-order chi connectivity index (χ1) is 9.24. The molecule has 0 fully saturated rings. The fourth-order valence-electron chi connectivity index (χ4n) is 1.83. The van der Waals surface area contributed by atoms with Gasteiger partial charge < -0.3 is 15.2 Å². The Bertz CT molecular complexity index is 615. The quantitative estimate of drug-likeness (QED) is 0.899. The molecule has 0 aliphatic heterocycles. The predicted molar refractivity (Wildman–Crippen MR) is 82.3 cm³/mol. The third-order valence-corrected chi connectivity index (χ3v) is 3.93. The fourth-order valence-corrected chi connectivity index (χ4v) is 1.83. The molecular weight excluding hydrogens is 252 g/mol. The highest BCUT2D eigenvalue weighted by atomic mass is 16.5. The van der Waals surface area contributed by atoms with E-state index in [0.717, 1.165) is 22.3 Å². The highest BCUT2D eigenvalue weighted by Crippen LogP contribution is 2.30. The number of ether oxygens (including phenoxy) is 1. The minimum atomic E-state index is -0.872. The van der Waals surface area contributed by atoms with Crippen molar-refractivity contribution in [2.75, 3.05) is 12.4 Å². The molecule has 0 radical (unpaired) electrons. The smallest absolute Gasteiger partial charge is 0.134 e. The van der Waals surface area contributed by atoms with E-state index in [1.807, 2.05) is 38.1 Å². The van der Waals surface area contributed by atoms with Crippen LogP contribution in [-0.4, -0.2) is 28.3 Å². The van der Waals surface area contributed by atoms with Crippen LogP contribution >= 0.6 is 0 Å². The van der Waals surface area contributed by atoms with Crippen LogP contribution in [-0.2, 0) is 0 Å². The summed E-state index contributed by atoms with van der Waals surface area (Å²) in [6, 6.07) is 7.80. The summed E-state index contributed by atoms with van der Waals surface area (Å²) in [7, 11) is 1.65. The molecule has 0 bridgehead atoms. The number of nitrogens with zero attached hydrogens (tertiary/aromatic N) is 1. The molecule has 0 saturated carbocycles. The molecule has 2 aromatic rings. The summed E-state index contributed by atoms with van der Waals surface area (Å²) in [4.78, 5) is 4.40. The van der Waals surface area contributed by atoms with E-state index in [4.69, 9.17) is 4.74 Å². The lowest BCUT2D eigenvalue weighted by molar-refractivity contribution is 0.0239. The van der Waals surface area contributed by atoms with Crippen LogP contribution in [0.15, 0.2) is 30.5 Å². The molecule has 1 aromatic heterocycles. The SMILES string of the molecule is COc1ccc2c(NC(C)(C)C(C)(C)O)nccc2c1. The summed E-state index contributed by atoms with van der Waals surface area (Å²) in [5.74, 6) is 1.58. The van der Waals surface area contributed by atoms with Crippen molar-refractivity contribution in [3.8, 4) is 5.75 Å². The number of anilines is 1. The lowest BCUT2D eigenvalue weighted by Gasteiger charge is -2.38. The van der Waals surface area contributed by atoms with Crippen LogP contribution in [0.2, 0.25) is 0 Å². The summed E-state index contributed by atoms with van der Waals surface area (Å²) in [6.07, 6.45) is 1.75. The number of benzene rings is 1. The third-order valence-electron chi connectivity index (χ3n) is 3.93. The summed E-state index contributed by atoms with van der Waals surface area (Å²) in [5.41, 5.74) is -1.38. The zero-order valence-corrected chi connectivity index (χ0v) is 12.7. The Labute approximate surface area is 119 Å². The molecule has 0 aliphatic carbocycles. The molecule has 0 saturated heterocycles. The number of hydrogen-bond acceptors (Lipinski definition) is 4. The maximum atomic E-state index is 10.3. The van der Waals surface area contributed by atoms with Crippen molar-refractivity contribution in [2.24, 2.45) is 0 Å². The highest BCUT2D eigenvalue weighted by Gasteiger charge is 2.35. The predicted octanol–water partition coefficient (Wildman–Crippen LogP) is 3.20. The molecule has 4 heteroatoms. The number of fused-ring (bicyclic) bond motifs is 1. The topological polar surface area (TPSA) is 54.4 Å². The van der Waals surface area contributed by atoms with Crippen molar-refractivity contribution in [2.45, 2.75) is 38.8 Å². The first-order valence-corrected chi connectivity index (χ1v) is 6.68. The number of nitrogens with one attached hydrogen (secondary N) is 1. The normalized spacial score (nSPS) is 12.5. The molecule has 0 aliphatic rings. The average molecular weight is 274 g/mol. The summed E-state index contributed by atoms with van der Waals surface area (Å²) < 4.78 is 5.24. The molecule has 1 aromatic carbocycles. The maximum absolute atomic E-state index is 10.3. The van der Waals surface area contributed by atoms with Crippen molar-refractivity contribution < 1.29 is 9.84 Å². The molecule has 2 rings (SSSR count). The Morgan fingerprint density at radius 1 is 1.15 bits per heavy atom. The van der Waals surface area contributed by atoms with E-state index in [0.29, 0.717) is 0 Å². The van der Waals surface area contributed by atoms with Gasteiger partial charge in [0.1, 0.15) is 11.6 Å². The number of methoxy groups -OCH3 is 1. The van der Waals surface area contributed by atoms with Crippen molar-refractivity contribution in [1.82, 2.24) is 4.98 Å². The first-order valence-electron chi connectivity index (χ1n) is 6.68. The second-order valence-electron chi connectivity index (χ2n) is 6.06. The zero-order valence-electron chi connectivity index (χ0n) is 12.7. The van der Waals surface area contributed by atoms with E-state index in [9.17, 15) is 5.11 Å². The Kier molecular flexibility index (Phi) is 3.61. The monoisotopic (exact) mass is 274 g/mol. The third kappa shape index (κ3) is 2.70. The van der Waals surface area contributed by atoms with Crippen LogP contribution in [0, 0.1) is 0 Å². The minimum Gasteiger partial charge on any atom is -0.497 e. The van der Waals surface area contributed by atoms with Crippen LogP contribution in [0.5, 0.6) is 5.75 Å².